The van der Waals surface area contributed by atoms with Crippen molar-refractivity contribution in [2.45, 2.75) is 18.0 Å². The van der Waals surface area contributed by atoms with Gasteiger partial charge in [-0.05, 0) is 46.9 Å². The molecule has 1 aromatic heterocycles. The highest BCUT2D eigenvalue weighted by Gasteiger charge is 2.51. The molecule has 0 unspecified atom stereocenters. The predicted octanol–water partition coefficient (Wildman–Crippen LogP) is 2.40. The highest BCUT2D eigenvalue weighted by Crippen LogP contribution is 2.40. The Kier molecular flexibility index (Phi) is 5.70. The SMILES string of the molecule is COc1ccc(COC(=O)C2=C(C=Cc3ccsn3)CS[C@@H]3[C@H](N)C(=O)N23)cc1. The monoisotopic (exact) mass is 429 g/mol. The van der Waals surface area contributed by atoms with Crippen LogP contribution in [-0.4, -0.2) is 45.4 Å². The van der Waals surface area contributed by atoms with Crippen LogP contribution in [0.3, 0.4) is 0 Å². The molecule has 3 heterocycles. The second-order valence-electron chi connectivity index (χ2n) is 6.49. The Morgan fingerprint density at radius 1 is 1.31 bits per heavy atom. The predicted molar refractivity (Wildman–Crippen MR) is 112 cm³/mol. The Balaban J connectivity index is 1.56. The molecule has 0 aliphatic carbocycles. The minimum Gasteiger partial charge on any atom is -0.497 e. The number of allylic oxidation sites excluding steroid dienone is 1. The first-order valence-electron chi connectivity index (χ1n) is 8.90. The molecule has 1 aromatic carbocycles. The van der Waals surface area contributed by atoms with E-state index in [0.717, 1.165) is 22.6 Å². The quantitative estimate of drug-likeness (QED) is 0.557. The lowest BCUT2D eigenvalue weighted by Gasteiger charge is -2.48. The summed E-state index contributed by atoms with van der Waals surface area (Å²) < 4.78 is 14.9. The van der Waals surface area contributed by atoms with Crippen LogP contribution in [0.2, 0.25) is 0 Å². The normalized spacial score (nSPS) is 21.2. The van der Waals surface area contributed by atoms with Crippen LogP contribution in [0.15, 0.2) is 53.1 Å². The number of nitrogens with zero attached hydrogens (tertiary/aromatic N) is 2. The topological polar surface area (TPSA) is 94.7 Å². The van der Waals surface area contributed by atoms with Crippen LogP contribution in [0.25, 0.3) is 6.08 Å². The third-order valence-electron chi connectivity index (χ3n) is 4.67. The standard InChI is InChI=1S/C20H19N3O4S2/c1-26-15-6-2-12(3-7-15)10-27-20(25)17-13(4-5-14-8-9-29-22-14)11-28-19-16(21)18(24)23(17)19/h2-9,16,19H,10-11,21H2,1H3/t16-,19-/m1/s1. The fourth-order valence-electron chi connectivity index (χ4n) is 3.09. The lowest BCUT2D eigenvalue weighted by Crippen LogP contribution is -2.68. The van der Waals surface area contributed by atoms with E-state index in [4.69, 9.17) is 15.2 Å². The molecule has 0 bridgehead atoms. The Morgan fingerprint density at radius 2 is 2.10 bits per heavy atom. The number of rotatable bonds is 6. The molecule has 7 nitrogen and oxygen atoms in total. The molecule has 2 N–H and O–H groups in total. The van der Waals surface area contributed by atoms with Crippen molar-refractivity contribution in [2.75, 3.05) is 12.9 Å². The van der Waals surface area contributed by atoms with Crippen LogP contribution in [0, 0.1) is 0 Å². The van der Waals surface area contributed by atoms with E-state index in [0.29, 0.717) is 5.75 Å². The summed E-state index contributed by atoms with van der Waals surface area (Å²) in [6.07, 6.45) is 3.65. The zero-order chi connectivity index (χ0) is 20.4. The number of hydrogen-bond acceptors (Lipinski definition) is 8. The maximum atomic E-state index is 12.9. The number of fused-ring (bicyclic) bond motifs is 1. The number of carbonyl (C=O) groups excluding carboxylic acids is 2. The number of carbonyl (C=O) groups is 2. The Morgan fingerprint density at radius 3 is 2.79 bits per heavy atom. The zero-order valence-corrected chi connectivity index (χ0v) is 17.2. The number of amides is 1. The second-order valence-corrected chi connectivity index (χ2v) is 8.26. The third kappa shape index (κ3) is 3.93. The van der Waals surface area contributed by atoms with Gasteiger partial charge in [0, 0.05) is 11.1 Å². The lowest BCUT2D eigenvalue weighted by molar-refractivity contribution is -0.151. The van der Waals surface area contributed by atoms with Crippen LogP contribution in [-0.2, 0) is 20.9 Å². The number of benzene rings is 1. The van der Waals surface area contributed by atoms with Crippen LogP contribution in [0.4, 0.5) is 0 Å². The average molecular weight is 430 g/mol. The Bertz CT molecular complexity index is 970. The molecule has 1 saturated heterocycles. The van der Waals surface area contributed by atoms with E-state index in [-0.39, 0.29) is 23.6 Å². The zero-order valence-electron chi connectivity index (χ0n) is 15.6. The largest absolute Gasteiger partial charge is 0.497 e. The highest BCUT2D eigenvalue weighted by atomic mass is 32.2. The van der Waals surface area contributed by atoms with Gasteiger partial charge in [-0.25, -0.2) is 4.79 Å². The van der Waals surface area contributed by atoms with Gasteiger partial charge in [0.05, 0.1) is 12.8 Å². The molecule has 1 fully saturated rings. The molecule has 0 saturated carbocycles. The number of esters is 1. The van der Waals surface area contributed by atoms with Crippen molar-refractivity contribution < 1.29 is 19.1 Å². The highest BCUT2D eigenvalue weighted by molar-refractivity contribution is 8.00. The molecule has 150 valence electrons. The summed E-state index contributed by atoms with van der Waals surface area (Å²) in [5, 5.41) is 1.64. The van der Waals surface area contributed by atoms with Gasteiger partial charge in [0.25, 0.3) is 0 Å². The van der Waals surface area contributed by atoms with Crippen LogP contribution in [0.5, 0.6) is 5.75 Å². The van der Waals surface area contributed by atoms with Gasteiger partial charge in [0.15, 0.2) is 0 Å². The lowest BCUT2D eigenvalue weighted by atomic mass is 10.0. The van der Waals surface area contributed by atoms with E-state index >= 15 is 0 Å². The Hall–Kier alpha value is -2.62. The fraction of sp³-hybridized carbons (Fsp3) is 0.250. The van der Waals surface area contributed by atoms with Crippen LogP contribution >= 0.6 is 23.3 Å². The summed E-state index contributed by atoms with van der Waals surface area (Å²) in [5.74, 6) is 0.488. The molecular weight excluding hydrogens is 410 g/mol. The molecule has 29 heavy (non-hydrogen) atoms. The number of hydrogen-bond donors (Lipinski definition) is 1. The first-order chi connectivity index (χ1) is 14.1. The van der Waals surface area contributed by atoms with Gasteiger partial charge in [-0.15, -0.1) is 11.8 Å². The van der Waals surface area contributed by atoms with Crippen LogP contribution < -0.4 is 10.5 Å². The summed E-state index contributed by atoms with van der Waals surface area (Å²) in [4.78, 5) is 26.7. The van der Waals surface area contributed by atoms with Gasteiger partial charge in [-0.1, -0.05) is 18.2 Å². The first kappa shape index (κ1) is 19.7. The van der Waals surface area contributed by atoms with Gasteiger partial charge in [-0.2, -0.15) is 4.37 Å². The number of ether oxygens (including phenoxy) is 2. The minimum atomic E-state index is -0.589. The molecule has 1 amide bonds. The van der Waals surface area contributed by atoms with Crippen molar-refractivity contribution in [1.29, 1.82) is 0 Å². The molecule has 0 radical (unpaired) electrons. The van der Waals surface area contributed by atoms with E-state index < -0.39 is 12.0 Å². The number of β-lactam (4-membered cyclic amide) rings is 1. The van der Waals surface area contributed by atoms with E-state index in [1.165, 1.54) is 16.4 Å². The summed E-state index contributed by atoms with van der Waals surface area (Å²) in [7, 11) is 1.59. The smallest absolute Gasteiger partial charge is 0.355 e. The molecule has 2 atom stereocenters. The average Bonchev–Trinajstić information content (AvgIpc) is 3.28. The van der Waals surface area contributed by atoms with Crippen molar-refractivity contribution in [3.05, 3.63) is 64.3 Å². The number of nitrogens with two attached hydrogens (primary N) is 1. The van der Waals surface area contributed by atoms with Gasteiger partial charge in [-0.3, -0.25) is 9.69 Å². The van der Waals surface area contributed by atoms with Gasteiger partial charge in [0.1, 0.15) is 29.5 Å². The van der Waals surface area contributed by atoms with Crippen molar-refractivity contribution >= 4 is 41.2 Å². The summed E-state index contributed by atoms with van der Waals surface area (Å²) >= 11 is 2.89. The van der Waals surface area contributed by atoms with E-state index in [2.05, 4.69) is 4.37 Å². The molecule has 9 heteroatoms. The van der Waals surface area contributed by atoms with Crippen molar-refractivity contribution in [1.82, 2.24) is 9.27 Å². The van der Waals surface area contributed by atoms with Gasteiger partial charge >= 0.3 is 5.97 Å². The summed E-state index contributed by atoms with van der Waals surface area (Å²) in [6, 6.07) is 8.55. The maximum Gasteiger partial charge on any atom is 0.355 e. The summed E-state index contributed by atoms with van der Waals surface area (Å²) in [5.41, 5.74) is 8.51. The fourth-order valence-corrected chi connectivity index (χ4v) is 4.86. The third-order valence-corrected chi connectivity index (χ3v) is 6.57. The molecular formula is C20H19N3O4S2. The number of aromatic nitrogens is 1. The maximum absolute atomic E-state index is 12.9. The van der Waals surface area contributed by atoms with Crippen molar-refractivity contribution in [3.63, 3.8) is 0 Å². The minimum absolute atomic E-state index is 0.0985. The van der Waals surface area contributed by atoms with Crippen molar-refractivity contribution in [2.24, 2.45) is 5.73 Å². The Labute approximate surface area is 176 Å². The second kappa shape index (κ2) is 8.40. The van der Waals surface area contributed by atoms with Crippen LogP contribution in [0.1, 0.15) is 11.3 Å². The number of thioether (sulfide) groups is 1. The molecule has 0 spiro atoms. The van der Waals surface area contributed by atoms with Crippen molar-refractivity contribution in [3.8, 4) is 5.75 Å². The van der Waals surface area contributed by atoms with Gasteiger partial charge in [0.2, 0.25) is 5.91 Å². The van der Waals surface area contributed by atoms with E-state index in [1.54, 1.807) is 31.0 Å². The number of methoxy groups -OCH3 is 1. The van der Waals surface area contributed by atoms with E-state index in [9.17, 15) is 9.59 Å². The molecule has 2 aromatic rings. The first-order valence-corrected chi connectivity index (χ1v) is 10.8. The summed E-state index contributed by atoms with van der Waals surface area (Å²) in [6.45, 7) is 0.0985. The molecule has 2 aliphatic rings. The molecule has 4 rings (SSSR count). The van der Waals surface area contributed by atoms with Gasteiger partial charge < -0.3 is 15.2 Å². The molecule has 2 aliphatic heterocycles. The van der Waals surface area contributed by atoms with E-state index in [1.807, 2.05) is 35.7 Å².